The van der Waals surface area contributed by atoms with Crippen molar-refractivity contribution in [2.24, 2.45) is 5.10 Å². The molecule has 2 N–H and O–H groups in total. The van der Waals surface area contributed by atoms with Crippen molar-refractivity contribution >= 4 is 23.7 Å². The van der Waals surface area contributed by atoms with Crippen LogP contribution >= 0.6 is 11.6 Å². The zero-order chi connectivity index (χ0) is 18.2. The number of hydrogen-bond donors (Lipinski definition) is 2. The lowest BCUT2D eigenvalue weighted by atomic mass is 10.2. The van der Waals surface area contributed by atoms with Gasteiger partial charge in [-0.15, -0.1) is 0 Å². The Morgan fingerprint density at radius 1 is 1.24 bits per heavy atom. The average Bonchev–Trinajstić information content (AvgIpc) is 2.61. The molecule has 7 nitrogen and oxygen atoms in total. The van der Waals surface area contributed by atoms with E-state index in [0.29, 0.717) is 27.8 Å². The first-order valence-corrected chi connectivity index (χ1v) is 7.56. The van der Waals surface area contributed by atoms with E-state index in [0.717, 1.165) is 0 Å². The topological polar surface area (TPSA) is 89.4 Å². The van der Waals surface area contributed by atoms with Gasteiger partial charge in [0.1, 0.15) is 23.0 Å². The minimum absolute atomic E-state index is 0.0932. The second kappa shape index (κ2) is 8.79. The van der Waals surface area contributed by atoms with E-state index in [-0.39, 0.29) is 12.4 Å². The first-order chi connectivity index (χ1) is 12.0. The number of methoxy groups -OCH3 is 2. The van der Waals surface area contributed by atoms with Crippen molar-refractivity contribution in [1.82, 2.24) is 5.43 Å². The monoisotopic (exact) mass is 364 g/mol. The summed E-state index contributed by atoms with van der Waals surface area (Å²) in [5, 5.41) is 14.3. The fraction of sp³-hybridized carbons (Fsp3) is 0.176. The van der Waals surface area contributed by atoms with Crippen molar-refractivity contribution in [2.75, 3.05) is 20.8 Å². The van der Waals surface area contributed by atoms with E-state index in [1.807, 2.05) is 0 Å². The zero-order valence-electron chi connectivity index (χ0n) is 13.7. The highest BCUT2D eigenvalue weighted by Gasteiger charge is 2.10. The molecule has 0 radical (unpaired) electrons. The molecule has 0 heterocycles. The highest BCUT2D eigenvalue weighted by Crippen LogP contribution is 2.31. The second-order valence-electron chi connectivity index (χ2n) is 4.80. The molecule has 2 aromatic rings. The largest absolute Gasteiger partial charge is 0.507 e. The zero-order valence-corrected chi connectivity index (χ0v) is 14.4. The van der Waals surface area contributed by atoms with Gasteiger partial charge in [0.2, 0.25) is 0 Å². The maximum Gasteiger partial charge on any atom is 0.277 e. The highest BCUT2D eigenvalue weighted by atomic mass is 35.5. The number of carbonyl (C=O) groups is 1. The Morgan fingerprint density at radius 2 is 2.04 bits per heavy atom. The summed E-state index contributed by atoms with van der Waals surface area (Å²) >= 11 is 5.83. The summed E-state index contributed by atoms with van der Waals surface area (Å²) in [6, 6.07) is 9.69. The molecule has 0 bridgehead atoms. The minimum atomic E-state index is -0.469. The fourth-order valence-electron chi connectivity index (χ4n) is 1.91. The summed E-state index contributed by atoms with van der Waals surface area (Å²) in [7, 11) is 2.92. The molecule has 2 aromatic carbocycles. The van der Waals surface area contributed by atoms with Gasteiger partial charge in [0.15, 0.2) is 6.61 Å². The van der Waals surface area contributed by atoms with Crippen molar-refractivity contribution in [3.05, 3.63) is 47.0 Å². The number of amides is 1. The summed E-state index contributed by atoms with van der Waals surface area (Å²) in [5.41, 5.74) is 2.60. The number of ether oxygens (including phenoxy) is 3. The Morgan fingerprint density at radius 3 is 2.72 bits per heavy atom. The van der Waals surface area contributed by atoms with E-state index in [1.54, 1.807) is 30.3 Å². The van der Waals surface area contributed by atoms with Crippen LogP contribution in [0.3, 0.4) is 0 Å². The second-order valence-corrected chi connectivity index (χ2v) is 5.24. The number of carbonyl (C=O) groups excluding carboxylic acids is 1. The molecule has 0 spiro atoms. The number of halogens is 1. The van der Waals surface area contributed by atoms with Crippen molar-refractivity contribution in [2.45, 2.75) is 0 Å². The van der Waals surface area contributed by atoms with Crippen LogP contribution in [-0.4, -0.2) is 38.1 Å². The number of benzene rings is 2. The van der Waals surface area contributed by atoms with Gasteiger partial charge in [0.05, 0.1) is 26.0 Å². The van der Waals surface area contributed by atoms with Crippen molar-refractivity contribution in [1.29, 1.82) is 0 Å². The van der Waals surface area contributed by atoms with Crippen LogP contribution in [-0.2, 0) is 4.79 Å². The minimum Gasteiger partial charge on any atom is -0.507 e. The van der Waals surface area contributed by atoms with Gasteiger partial charge in [-0.05, 0) is 18.2 Å². The molecular weight excluding hydrogens is 348 g/mol. The van der Waals surface area contributed by atoms with Crippen LogP contribution in [0.1, 0.15) is 5.56 Å². The first kappa shape index (κ1) is 18.4. The SMILES string of the molecule is COc1cc(O)c(/C=N/NC(=O)COc2cccc(Cl)c2)c(OC)c1. The first-order valence-electron chi connectivity index (χ1n) is 7.18. The number of hydrazone groups is 1. The predicted octanol–water partition coefficient (Wildman–Crippen LogP) is 2.59. The maximum absolute atomic E-state index is 11.7. The molecule has 132 valence electrons. The third kappa shape index (κ3) is 5.29. The van der Waals surface area contributed by atoms with Gasteiger partial charge in [0.25, 0.3) is 5.91 Å². The Labute approximate surface area is 149 Å². The quantitative estimate of drug-likeness (QED) is 0.582. The van der Waals surface area contributed by atoms with Gasteiger partial charge in [-0.2, -0.15) is 5.10 Å². The molecule has 0 aliphatic rings. The normalized spacial score (nSPS) is 10.5. The van der Waals surface area contributed by atoms with Crippen molar-refractivity contribution < 1.29 is 24.1 Å². The molecule has 1 amide bonds. The van der Waals surface area contributed by atoms with Gasteiger partial charge in [-0.3, -0.25) is 4.79 Å². The Balaban J connectivity index is 1.95. The number of phenols is 1. The molecule has 0 unspecified atom stereocenters. The summed E-state index contributed by atoms with van der Waals surface area (Å²) in [6.07, 6.45) is 1.27. The molecule has 0 aromatic heterocycles. The van der Waals surface area contributed by atoms with Crippen molar-refractivity contribution in [3.8, 4) is 23.0 Å². The van der Waals surface area contributed by atoms with E-state index in [2.05, 4.69) is 10.5 Å². The maximum atomic E-state index is 11.7. The summed E-state index contributed by atoms with van der Waals surface area (Å²) in [4.78, 5) is 11.7. The van der Waals surface area contributed by atoms with Crippen LogP contribution in [0, 0.1) is 0 Å². The van der Waals surface area contributed by atoms with Crippen LogP contribution in [0.25, 0.3) is 0 Å². The molecule has 0 saturated carbocycles. The van der Waals surface area contributed by atoms with Gasteiger partial charge in [0, 0.05) is 17.2 Å². The van der Waals surface area contributed by atoms with Crippen LogP contribution in [0.4, 0.5) is 0 Å². The smallest absolute Gasteiger partial charge is 0.277 e. The molecule has 0 saturated heterocycles. The van der Waals surface area contributed by atoms with Gasteiger partial charge in [-0.25, -0.2) is 5.43 Å². The lowest BCUT2D eigenvalue weighted by molar-refractivity contribution is -0.123. The van der Waals surface area contributed by atoms with Crippen LogP contribution in [0.2, 0.25) is 5.02 Å². The number of aromatic hydroxyl groups is 1. The Kier molecular flexibility index (Phi) is 6.47. The molecule has 25 heavy (non-hydrogen) atoms. The van der Waals surface area contributed by atoms with Crippen LogP contribution in [0.15, 0.2) is 41.5 Å². The summed E-state index contributed by atoms with van der Waals surface area (Å²) < 4.78 is 15.5. The molecule has 0 aliphatic heterocycles. The van der Waals surface area contributed by atoms with E-state index in [4.69, 9.17) is 25.8 Å². The summed E-state index contributed by atoms with van der Waals surface area (Å²) in [5.74, 6) is 0.698. The van der Waals surface area contributed by atoms with E-state index in [1.165, 1.54) is 26.5 Å². The molecule has 8 heteroatoms. The lowest BCUT2D eigenvalue weighted by Crippen LogP contribution is -2.24. The molecule has 2 rings (SSSR count). The lowest BCUT2D eigenvalue weighted by Gasteiger charge is -2.09. The molecular formula is C17H17ClN2O5. The third-order valence-corrected chi connectivity index (χ3v) is 3.33. The number of nitrogens with one attached hydrogen (secondary N) is 1. The molecule has 0 atom stereocenters. The van der Waals surface area contributed by atoms with Gasteiger partial charge in [-0.1, -0.05) is 17.7 Å². The average molecular weight is 365 g/mol. The third-order valence-electron chi connectivity index (χ3n) is 3.10. The molecule has 0 fully saturated rings. The Bertz CT molecular complexity index is 780. The van der Waals surface area contributed by atoms with E-state index in [9.17, 15) is 9.90 Å². The van der Waals surface area contributed by atoms with E-state index >= 15 is 0 Å². The number of rotatable bonds is 7. The standard InChI is InChI=1S/C17H17ClN2O5/c1-23-13-7-15(21)14(16(8-13)24-2)9-19-20-17(22)10-25-12-5-3-4-11(18)6-12/h3-9,21H,10H2,1-2H3,(H,20,22)/b19-9+. The summed E-state index contributed by atoms with van der Waals surface area (Å²) in [6.45, 7) is -0.233. The van der Waals surface area contributed by atoms with Crippen molar-refractivity contribution in [3.63, 3.8) is 0 Å². The van der Waals surface area contributed by atoms with Crippen LogP contribution in [0.5, 0.6) is 23.0 Å². The fourth-order valence-corrected chi connectivity index (χ4v) is 2.09. The number of phenolic OH excluding ortho intramolecular Hbond substituents is 1. The predicted molar refractivity (Wildman–Crippen MR) is 93.9 cm³/mol. The highest BCUT2D eigenvalue weighted by molar-refractivity contribution is 6.30. The number of nitrogens with zero attached hydrogens (tertiary/aromatic N) is 1. The van der Waals surface area contributed by atoms with Gasteiger partial charge < -0.3 is 19.3 Å². The Hall–Kier alpha value is -2.93. The van der Waals surface area contributed by atoms with Gasteiger partial charge >= 0.3 is 0 Å². The molecule has 0 aliphatic carbocycles. The number of hydrogen-bond acceptors (Lipinski definition) is 6. The van der Waals surface area contributed by atoms with Crippen LogP contribution < -0.4 is 19.6 Å². The van der Waals surface area contributed by atoms with E-state index < -0.39 is 5.91 Å².